The number of hydrogen-bond donors (Lipinski definition) is 1. The van der Waals surface area contributed by atoms with E-state index in [1.165, 1.54) is 0 Å². The summed E-state index contributed by atoms with van der Waals surface area (Å²) in [6.07, 6.45) is 2.61. The summed E-state index contributed by atoms with van der Waals surface area (Å²) in [4.78, 5) is 25.8. The maximum absolute atomic E-state index is 12.9. The lowest BCUT2D eigenvalue weighted by atomic mass is 10.2. The first-order valence-corrected chi connectivity index (χ1v) is 12.5. The van der Waals surface area contributed by atoms with Gasteiger partial charge in [0, 0.05) is 10.6 Å². The molecule has 0 atom stereocenters. The molecule has 0 radical (unpaired) electrons. The van der Waals surface area contributed by atoms with Crippen LogP contribution in [0.3, 0.4) is 0 Å². The van der Waals surface area contributed by atoms with Crippen molar-refractivity contribution in [3.8, 4) is 11.5 Å². The highest BCUT2D eigenvalue weighted by Crippen LogP contribution is 2.37. The van der Waals surface area contributed by atoms with Gasteiger partial charge < -0.3 is 9.47 Å². The predicted octanol–water partition coefficient (Wildman–Crippen LogP) is 5.68. The molecule has 3 rings (SSSR count). The minimum absolute atomic E-state index is 0.242. The SMILES string of the molecule is CCCOc1c(I)cc(/C=C2\SC(=S)N(NC(=O)c3ccc(Cl)cc3)C2=O)cc1OCC. The summed E-state index contributed by atoms with van der Waals surface area (Å²) in [5, 5.41) is 1.60. The molecule has 0 bridgehead atoms. The van der Waals surface area contributed by atoms with Crippen molar-refractivity contribution in [2.75, 3.05) is 13.2 Å². The molecule has 1 heterocycles. The quantitative estimate of drug-likeness (QED) is 0.238. The Morgan fingerprint density at radius 1 is 1.25 bits per heavy atom. The standard InChI is InChI=1S/C22H20ClIN2O4S2/c1-3-9-30-19-16(24)10-13(11-17(19)29-4-2)12-18-21(28)26(22(31)32-18)25-20(27)14-5-7-15(23)8-6-14/h5-8,10-12H,3-4,9H2,1-2H3,(H,25,27)/b18-12-. The van der Waals surface area contributed by atoms with Crippen molar-refractivity contribution in [2.24, 2.45) is 0 Å². The summed E-state index contributed by atoms with van der Waals surface area (Å²) in [6.45, 7) is 5.01. The molecule has 0 aliphatic carbocycles. The molecule has 10 heteroatoms. The Labute approximate surface area is 214 Å². The van der Waals surface area contributed by atoms with Crippen molar-refractivity contribution in [2.45, 2.75) is 20.3 Å². The molecule has 1 aliphatic rings. The Hall–Kier alpha value is -1.82. The number of halogens is 2. The van der Waals surface area contributed by atoms with Crippen LogP contribution in [0.2, 0.25) is 5.02 Å². The fourth-order valence-corrected chi connectivity index (χ4v) is 4.85. The zero-order valence-corrected chi connectivity index (χ0v) is 21.9. The number of amides is 2. The third-order valence-corrected chi connectivity index (χ3v) is 6.55. The van der Waals surface area contributed by atoms with Gasteiger partial charge in [0.25, 0.3) is 11.8 Å². The maximum atomic E-state index is 12.9. The molecular formula is C22H20ClIN2O4S2. The smallest absolute Gasteiger partial charge is 0.285 e. The third kappa shape index (κ3) is 5.94. The van der Waals surface area contributed by atoms with Gasteiger partial charge in [-0.2, -0.15) is 5.01 Å². The summed E-state index contributed by atoms with van der Waals surface area (Å²) in [6, 6.07) is 10.1. The Morgan fingerprint density at radius 2 is 1.97 bits per heavy atom. The number of carbonyl (C=O) groups is 2. The van der Waals surface area contributed by atoms with E-state index in [1.807, 2.05) is 26.0 Å². The van der Waals surface area contributed by atoms with Crippen LogP contribution in [0.4, 0.5) is 0 Å². The van der Waals surface area contributed by atoms with E-state index in [4.69, 9.17) is 33.3 Å². The Morgan fingerprint density at radius 3 is 2.62 bits per heavy atom. The monoisotopic (exact) mass is 602 g/mol. The van der Waals surface area contributed by atoms with Gasteiger partial charge in [-0.1, -0.05) is 30.3 Å². The fourth-order valence-electron chi connectivity index (χ4n) is 2.76. The fraction of sp³-hybridized carbons (Fsp3) is 0.227. The molecule has 2 aromatic rings. The molecule has 2 amide bonds. The van der Waals surface area contributed by atoms with E-state index in [0.717, 1.165) is 32.3 Å². The number of thiocarbonyl (C=S) groups is 1. The highest BCUT2D eigenvalue weighted by atomic mass is 127. The normalized spacial score (nSPS) is 14.8. The average Bonchev–Trinajstić information content (AvgIpc) is 3.01. The summed E-state index contributed by atoms with van der Waals surface area (Å²) < 4.78 is 12.7. The van der Waals surface area contributed by atoms with Crippen LogP contribution in [-0.2, 0) is 4.79 Å². The van der Waals surface area contributed by atoms with E-state index < -0.39 is 11.8 Å². The molecule has 0 spiro atoms. The van der Waals surface area contributed by atoms with Gasteiger partial charge in [0.1, 0.15) is 0 Å². The van der Waals surface area contributed by atoms with Crippen LogP contribution in [-0.4, -0.2) is 34.4 Å². The zero-order chi connectivity index (χ0) is 23.3. The number of nitrogens with zero attached hydrogens (tertiary/aromatic N) is 1. The number of benzene rings is 2. The van der Waals surface area contributed by atoms with Gasteiger partial charge in [-0.3, -0.25) is 15.0 Å². The first-order chi connectivity index (χ1) is 15.3. The molecule has 0 unspecified atom stereocenters. The molecule has 32 heavy (non-hydrogen) atoms. The second-order valence-corrected chi connectivity index (χ2v) is 9.85. The zero-order valence-electron chi connectivity index (χ0n) is 17.3. The van der Waals surface area contributed by atoms with E-state index in [9.17, 15) is 9.59 Å². The van der Waals surface area contributed by atoms with Crippen LogP contribution >= 0.6 is 58.2 Å². The van der Waals surface area contributed by atoms with Crippen molar-refractivity contribution >= 4 is 80.4 Å². The summed E-state index contributed by atoms with van der Waals surface area (Å²) >= 11 is 14.5. The van der Waals surface area contributed by atoms with Gasteiger partial charge in [0.15, 0.2) is 15.8 Å². The van der Waals surface area contributed by atoms with Crippen molar-refractivity contribution in [3.63, 3.8) is 0 Å². The average molecular weight is 603 g/mol. The third-order valence-electron chi connectivity index (χ3n) is 4.19. The highest BCUT2D eigenvalue weighted by Gasteiger charge is 2.34. The lowest BCUT2D eigenvalue weighted by Crippen LogP contribution is -2.44. The second kappa shape index (κ2) is 11.4. The molecule has 1 aliphatic heterocycles. The second-order valence-electron chi connectivity index (χ2n) is 6.58. The van der Waals surface area contributed by atoms with Gasteiger partial charge in [-0.05, 0) is 96.2 Å². The summed E-state index contributed by atoms with van der Waals surface area (Å²) in [5.41, 5.74) is 3.69. The minimum Gasteiger partial charge on any atom is -0.490 e. The van der Waals surface area contributed by atoms with Crippen LogP contribution in [0.25, 0.3) is 6.08 Å². The van der Waals surface area contributed by atoms with Gasteiger partial charge in [0.2, 0.25) is 0 Å². The lowest BCUT2D eigenvalue weighted by Gasteiger charge is -2.15. The number of carbonyl (C=O) groups excluding carboxylic acids is 2. The predicted molar refractivity (Wildman–Crippen MR) is 140 cm³/mol. The van der Waals surface area contributed by atoms with Gasteiger partial charge in [0.05, 0.1) is 21.7 Å². The van der Waals surface area contributed by atoms with Crippen LogP contribution in [0, 0.1) is 3.57 Å². The summed E-state index contributed by atoms with van der Waals surface area (Å²) in [7, 11) is 0. The molecule has 168 valence electrons. The molecule has 1 fully saturated rings. The maximum Gasteiger partial charge on any atom is 0.285 e. The molecule has 6 nitrogen and oxygen atoms in total. The van der Waals surface area contributed by atoms with E-state index >= 15 is 0 Å². The van der Waals surface area contributed by atoms with E-state index in [-0.39, 0.29) is 4.32 Å². The largest absolute Gasteiger partial charge is 0.490 e. The van der Waals surface area contributed by atoms with Crippen molar-refractivity contribution in [1.29, 1.82) is 0 Å². The van der Waals surface area contributed by atoms with Crippen LogP contribution < -0.4 is 14.9 Å². The number of thioether (sulfide) groups is 1. The molecule has 0 saturated carbocycles. The van der Waals surface area contributed by atoms with Crippen molar-refractivity contribution < 1.29 is 19.1 Å². The number of ether oxygens (including phenoxy) is 2. The van der Waals surface area contributed by atoms with E-state index in [0.29, 0.717) is 40.2 Å². The van der Waals surface area contributed by atoms with Gasteiger partial charge in [-0.25, -0.2) is 0 Å². The Balaban J connectivity index is 1.82. The number of rotatable bonds is 8. The highest BCUT2D eigenvalue weighted by molar-refractivity contribution is 14.1. The van der Waals surface area contributed by atoms with Crippen molar-refractivity contribution in [1.82, 2.24) is 10.4 Å². The minimum atomic E-state index is -0.454. The van der Waals surface area contributed by atoms with Crippen LogP contribution in [0.15, 0.2) is 41.3 Å². The first kappa shape index (κ1) is 24.8. The molecule has 1 saturated heterocycles. The van der Waals surface area contributed by atoms with Gasteiger partial charge in [-0.15, -0.1) is 0 Å². The molecule has 1 N–H and O–H groups in total. The van der Waals surface area contributed by atoms with Crippen LogP contribution in [0.1, 0.15) is 36.2 Å². The van der Waals surface area contributed by atoms with Gasteiger partial charge >= 0.3 is 0 Å². The molecule has 0 aromatic heterocycles. The van der Waals surface area contributed by atoms with E-state index in [1.54, 1.807) is 30.3 Å². The van der Waals surface area contributed by atoms with Crippen molar-refractivity contribution in [3.05, 3.63) is 61.0 Å². The van der Waals surface area contributed by atoms with E-state index in [2.05, 4.69) is 28.0 Å². The number of hydrogen-bond acceptors (Lipinski definition) is 6. The first-order valence-electron chi connectivity index (χ1n) is 9.77. The Kier molecular flexibility index (Phi) is 8.80. The molecule has 2 aromatic carbocycles. The Bertz CT molecular complexity index is 1080. The lowest BCUT2D eigenvalue weighted by molar-refractivity contribution is -0.123. The number of nitrogens with one attached hydrogen (secondary N) is 1. The number of hydrazine groups is 1. The molecular weight excluding hydrogens is 583 g/mol. The topological polar surface area (TPSA) is 67.9 Å². The summed E-state index contributed by atoms with van der Waals surface area (Å²) in [5.74, 6) is 0.450. The van der Waals surface area contributed by atoms with Crippen LogP contribution in [0.5, 0.6) is 11.5 Å².